The van der Waals surface area contributed by atoms with Gasteiger partial charge in [-0.15, -0.1) is 0 Å². The lowest BCUT2D eigenvalue weighted by atomic mass is 10.1. The van der Waals surface area contributed by atoms with Gasteiger partial charge in [0.25, 0.3) is 5.91 Å². The summed E-state index contributed by atoms with van der Waals surface area (Å²) < 4.78 is 10.3. The topological polar surface area (TPSA) is 59.6 Å². The third-order valence-electron chi connectivity index (χ3n) is 3.19. The predicted octanol–water partition coefficient (Wildman–Crippen LogP) is 2.21. The first-order valence-electron chi connectivity index (χ1n) is 7.32. The van der Waals surface area contributed by atoms with Gasteiger partial charge in [0, 0.05) is 38.6 Å². The SMILES string of the molecule is CNc1ccc(C(=O)NCCCCOCCOC)c(C)c1. The van der Waals surface area contributed by atoms with Crippen LogP contribution in [0, 0.1) is 6.92 Å². The van der Waals surface area contributed by atoms with Crippen molar-refractivity contribution in [2.24, 2.45) is 0 Å². The number of benzene rings is 1. The molecular weight excluding hydrogens is 268 g/mol. The predicted molar refractivity (Wildman–Crippen MR) is 85.0 cm³/mol. The smallest absolute Gasteiger partial charge is 0.251 e. The highest BCUT2D eigenvalue weighted by Gasteiger charge is 2.08. The zero-order chi connectivity index (χ0) is 15.5. The van der Waals surface area contributed by atoms with Crippen LogP contribution >= 0.6 is 0 Å². The van der Waals surface area contributed by atoms with Gasteiger partial charge in [0.05, 0.1) is 13.2 Å². The van der Waals surface area contributed by atoms with Gasteiger partial charge in [0.15, 0.2) is 0 Å². The van der Waals surface area contributed by atoms with Gasteiger partial charge in [0.2, 0.25) is 0 Å². The van der Waals surface area contributed by atoms with Crippen LogP contribution < -0.4 is 10.6 Å². The summed E-state index contributed by atoms with van der Waals surface area (Å²) >= 11 is 0. The standard InChI is InChI=1S/C16H26N2O3/c1-13-12-14(17-2)6-7-15(13)16(19)18-8-4-5-9-21-11-10-20-3/h6-7,12,17H,4-5,8-11H2,1-3H3,(H,18,19). The first-order valence-corrected chi connectivity index (χ1v) is 7.32. The average Bonchev–Trinajstić information content (AvgIpc) is 2.49. The second-order valence-electron chi connectivity index (χ2n) is 4.85. The van der Waals surface area contributed by atoms with E-state index >= 15 is 0 Å². The first kappa shape index (κ1) is 17.5. The van der Waals surface area contributed by atoms with E-state index in [0.717, 1.165) is 29.7 Å². The lowest BCUT2D eigenvalue weighted by Gasteiger charge is -2.09. The molecule has 0 aliphatic heterocycles. The van der Waals surface area contributed by atoms with Gasteiger partial charge in [-0.2, -0.15) is 0 Å². The zero-order valence-corrected chi connectivity index (χ0v) is 13.2. The minimum atomic E-state index is -0.0181. The van der Waals surface area contributed by atoms with Crippen LogP contribution in [-0.4, -0.2) is 46.4 Å². The molecule has 1 aromatic rings. The fraction of sp³-hybridized carbons (Fsp3) is 0.562. The van der Waals surface area contributed by atoms with Crippen molar-refractivity contribution in [2.75, 3.05) is 45.8 Å². The van der Waals surface area contributed by atoms with Gasteiger partial charge < -0.3 is 20.1 Å². The van der Waals surface area contributed by atoms with E-state index in [-0.39, 0.29) is 5.91 Å². The molecule has 0 aliphatic carbocycles. The maximum atomic E-state index is 12.1. The molecule has 0 bridgehead atoms. The summed E-state index contributed by atoms with van der Waals surface area (Å²) in [6, 6.07) is 5.73. The molecule has 0 fully saturated rings. The van der Waals surface area contributed by atoms with Crippen molar-refractivity contribution in [1.82, 2.24) is 5.32 Å². The number of aryl methyl sites for hydroxylation is 1. The zero-order valence-electron chi connectivity index (χ0n) is 13.2. The molecule has 2 N–H and O–H groups in total. The molecule has 0 radical (unpaired) electrons. The van der Waals surface area contributed by atoms with Gasteiger partial charge in [-0.1, -0.05) is 0 Å². The number of carbonyl (C=O) groups is 1. The number of nitrogens with one attached hydrogen (secondary N) is 2. The van der Waals surface area contributed by atoms with E-state index in [2.05, 4.69) is 10.6 Å². The normalized spacial score (nSPS) is 10.4. The summed E-state index contributed by atoms with van der Waals surface area (Å²) in [6.07, 6.45) is 1.84. The van der Waals surface area contributed by atoms with E-state index in [1.165, 1.54) is 0 Å². The molecule has 0 unspecified atom stereocenters. The second-order valence-corrected chi connectivity index (χ2v) is 4.85. The largest absolute Gasteiger partial charge is 0.388 e. The van der Waals surface area contributed by atoms with Crippen LogP contribution in [0.2, 0.25) is 0 Å². The average molecular weight is 294 g/mol. The van der Waals surface area contributed by atoms with Crippen molar-refractivity contribution in [1.29, 1.82) is 0 Å². The maximum absolute atomic E-state index is 12.1. The monoisotopic (exact) mass is 294 g/mol. The van der Waals surface area contributed by atoms with E-state index in [0.29, 0.717) is 26.4 Å². The lowest BCUT2D eigenvalue weighted by molar-refractivity contribution is 0.0686. The highest BCUT2D eigenvalue weighted by atomic mass is 16.5. The Kier molecular flexibility index (Phi) is 8.47. The van der Waals surface area contributed by atoms with E-state index in [1.807, 2.05) is 32.2 Å². The number of rotatable bonds is 10. The first-order chi connectivity index (χ1) is 10.2. The quantitative estimate of drug-likeness (QED) is 0.650. The summed E-state index contributed by atoms with van der Waals surface area (Å²) in [5.74, 6) is -0.0181. The van der Waals surface area contributed by atoms with Gasteiger partial charge >= 0.3 is 0 Å². The van der Waals surface area contributed by atoms with Gasteiger partial charge in [-0.25, -0.2) is 0 Å². The Bertz CT molecular complexity index is 436. The van der Waals surface area contributed by atoms with Crippen molar-refractivity contribution < 1.29 is 14.3 Å². The second kappa shape index (κ2) is 10.2. The summed E-state index contributed by atoms with van der Waals surface area (Å²) in [5.41, 5.74) is 2.71. The van der Waals surface area contributed by atoms with Crippen LogP contribution in [0.15, 0.2) is 18.2 Å². The maximum Gasteiger partial charge on any atom is 0.251 e. The fourth-order valence-corrected chi connectivity index (χ4v) is 1.94. The Morgan fingerprint density at radius 1 is 1.19 bits per heavy atom. The molecule has 5 heteroatoms. The number of unbranched alkanes of at least 4 members (excludes halogenated alkanes) is 1. The number of amides is 1. The molecule has 21 heavy (non-hydrogen) atoms. The molecule has 1 aromatic carbocycles. The van der Waals surface area contributed by atoms with Crippen molar-refractivity contribution in [2.45, 2.75) is 19.8 Å². The molecule has 0 saturated heterocycles. The number of ether oxygens (including phenoxy) is 2. The summed E-state index contributed by atoms with van der Waals surface area (Å²) in [7, 11) is 3.52. The van der Waals surface area contributed by atoms with Crippen LogP contribution in [0.4, 0.5) is 5.69 Å². The summed E-state index contributed by atoms with van der Waals surface area (Å²) in [6.45, 7) is 4.56. The Hall–Kier alpha value is -1.59. The van der Waals surface area contributed by atoms with Crippen LogP contribution in [-0.2, 0) is 9.47 Å². The number of hydrogen-bond acceptors (Lipinski definition) is 4. The Balaban J connectivity index is 2.22. The molecule has 1 rings (SSSR count). The number of hydrogen-bond donors (Lipinski definition) is 2. The minimum absolute atomic E-state index is 0.0181. The summed E-state index contributed by atoms with van der Waals surface area (Å²) in [4.78, 5) is 12.1. The highest BCUT2D eigenvalue weighted by molar-refractivity contribution is 5.96. The van der Waals surface area contributed by atoms with Gasteiger partial charge in [0.1, 0.15) is 0 Å². The van der Waals surface area contributed by atoms with E-state index < -0.39 is 0 Å². The third kappa shape index (κ3) is 6.60. The Morgan fingerprint density at radius 2 is 2.00 bits per heavy atom. The molecule has 0 atom stereocenters. The molecule has 5 nitrogen and oxygen atoms in total. The Labute approximate surface area is 127 Å². The molecule has 0 aromatic heterocycles. The van der Waals surface area contributed by atoms with E-state index in [1.54, 1.807) is 7.11 Å². The number of methoxy groups -OCH3 is 1. The molecular formula is C16H26N2O3. The van der Waals surface area contributed by atoms with Crippen LogP contribution in [0.1, 0.15) is 28.8 Å². The van der Waals surface area contributed by atoms with Crippen LogP contribution in [0.5, 0.6) is 0 Å². The molecule has 118 valence electrons. The minimum Gasteiger partial charge on any atom is -0.388 e. The summed E-state index contributed by atoms with van der Waals surface area (Å²) in [5, 5.41) is 6.00. The molecule has 0 heterocycles. The third-order valence-corrected chi connectivity index (χ3v) is 3.19. The van der Waals surface area contributed by atoms with Gasteiger partial charge in [-0.3, -0.25) is 4.79 Å². The van der Waals surface area contributed by atoms with Crippen molar-refractivity contribution in [3.05, 3.63) is 29.3 Å². The number of carbonyl (C=O) groups excluding carboxylic acids is 1. The Morgan fingerprint density at radius 3 is 2.67 bits per heavy atom. The highest BCUT2D eigenvalue weighted by Crippen LogP contribution is 2.14. The van der Waals surface area contributed by atoms with Gasteiger partial charge in [-0.05, 0) is 43.5 Å². The fourth-order valence-electron chi connectivity index (χ4n) is 1.94. The van der Waals surface area contributed by atoms with Crippen molar-refractivity contribution in [3.63, 3.8) is 0 Å². The van der Waals surface area contributed by atoms with Crippen molar-refractivity contribution in [3.8, 4) is 0 Å². The molecule has 0 saturated carbocycles. The van der Waals surface area contributed by atoms with Crippen molar-refractivity contribution >= 4 is 11.6 Å². The molecule has 0 aliphatic rings. The van der Waals surface area contributed by atoms with E-state index in [9.17, 15) is 4.79 Å². The van der Waals surface area contributed by atoms with E-state index in [4.69, 9.17) is 9.47 Å². The lowest BCUT2D eigenvalue weighted by Crippen LogP contribution is -2.25. The molecule has 1 amide bonds. The van der Waals surface area contributed by atoms with Crippen LogP contribution in [0.25, 0.3) is 0 Å². The molecule has 0 spiro atoms. The number of anilines is 1. The van der Waals surface area contributed by atoms with Crippen LogP contribution in [0.3, 0.4) is 0 Å².